The number of methoxy groups -OCH3 is 1. The minimum atomic E-state index is -0.221. The lowest BCUT2D eigenvalue weighted by atomic mass is 10.2. The van der Waals surface area contributed by atoms with E-state index in [0.717, 1.165) is 6.54 Å². The lowest BCUT2D eigenvalue weighted by Gasteiger charge is -2.14. The second-order valence-corrected chi connectivity index (χ2v) is 5.11. The molecule has 0 aliphatic heterocycles. The molecule has 0 saturated carbocycles. The molecule has 20 heavy (non-hydrogen) atoms. The highest BCUT2D eigenvalue weighted by molar-refractivity contribution is 14.0. The quantitative estimate of drug-likeness (QED) is 0.326. The molecule has 0 aliphatic carbocycles. The molecule has 1 atom stereocenters. The van der Waals surface area contributed by atoms with Gasteiger partial charge in [0.1, 0.15) is 0 Å². The molecule has 1 aromatic heterocycles. The van der Waals surface area contributed by atoms with Gasteiger partial charge in [-0.1, -0.05) is 13.0 Å². The van der Waals surface area contributed by atoms with Crippen LogP contribution in [0.3, 0.4) is 0 Å². The first-order valence-electron chi connectivity index (χ1n) is 6.29. The third-order valence-electron chi connectivity index (χ3n) is 2.50. The Morgan fingerprint density at radius 3 is 2.80 bits per heavy atom. The number of aliphatic imine (C=N–C) groups is 1. The number of ether oxygens (including phenoxy) is 1. The second kappa shape index (κ2) is 10.9. The van der Waals surface area contributed by atoms with Gasteiger partial charge in [0.05, 0.1) is 19.6 Å². The Bertz CT molecular complexity index is 410. The topological polar surface area (TPSA) is 62.7 Å². The number of esters is 1. The molecule has 114 valence electrons. The highest BCUT2D eigenvalue weighted by atomic mass is 127. The summed E-state index contributed by atoms with van der Waals surface area (Å²) in [5, 5.41) is 8.32. The first-order chi connectivity index (χ1) is 9.17. The zero-order valence-corrected chi connectivity index (χ0v) is 15.2. The van der Waals surface area contributed by atoms with Crippen LogP contribution in [0.15, 0.2) is 22.5 Å². The van der Waals surface area contributed by atoms with Gasteiger partial charge in [-0.25, -0.2) is 4.99 Å². The number of thiophene rings is 1. The predicted octanol–water partition coefficient (Wildman–Crippen LogP) is 2.23. The van der Waals surface area contributed by atoms with Gasteiger partial charge in [0, 0.05) is 18.0 Å². The molecular formula is C13H22IN3O2S. The van der Waals surface area contributed by atoms with E-state index in [0.29, 0.717) is 19.0 Å². The Balaban J connectivity index is 0.00000361. The lowest BCUT2D eigenvalue weighted by molar-refractivity contribution is -0.144. The molecule has 0 saturated heterocycles. The molecule has 0 amide bonds. The molecule has 0 aromatic carbocycles. The average Bonchev–Trinajstić information content (AvgIpc) is 2.93. The summed E-state index contributed by atoms with van der Waals surface area (Å²) in [6.45, 7) is 5.75. The standard InChI is InChI=1S/C13H21N3O2S.HI/c1-4-14-13(15-8-10(2)12(17)18-3)16-9-11-6-5-7-19-11;/h5-7,10H,4,8-9H2,1-3H3,(H2,14,15,16);1H. The third-order valence-corrected chi connectivity index (χ3v) is 3.36. The van der Waals surface area contributed by atoms with Crippen molar-refractivity contribution in [2.24, 2.45) is 10.9 Å². The van der Waals surface area contributed by atoms with Crippen molar-refractivity contribution in [1.82, 2.24) is 10.6 Å². The van der Waals surface area contributed by atoms with E-state index in [-0.39, 0.29) is 35.9 Å². The van der Waals surface area contributed by atoms with E-state index in [9.17, 15) is 4.79 Å². The van der Waals surface area contributed by atoms with Crippen LogP contribution in [0, 0.1) is 5.92 Å². The Morgan fingerprint density at radius 1 is 1.50 bits per heavy atom. The first-order valence-corrected chi connectivity index (χ1v) is 7.17. The van der Waals surface area contributed by atoms with E-state index in [1.807, 2.05) is 25.3 Å². The molecule has 1 heterocycles. The van der Waals surface area contributed by atoms with E-state index in [2.05, 4.69) is 26.4 Å². The molecular weight excluding hydrogens is 389 g/mol. The van der Waals surface area contributed by atoms with Gasteiger partial charge in [-0.15, -0.1) is 35.3 Å². The van der Waals surface area contributed by atoms with Crippen LogP contribution in [0.5, 0.6) is 0 Å². The van der Waals surface area contributed by atoms with Crippen LogP contribution in [0.1, 0.15) is 18.7 Å². The van der Waals surface area contributed by atoms with Crippen LogP contribution < -0.4 is 10.6 Å². The van der Waals surface area contributed by atoms with Crippen LogP contribution in [0.25, 0.3) is 0 Å². The van der Waals surface area contributed by atoms with Crippen molar-refractivity contribution < 1.29 is 9.53 Å². The Kier molecular flexibility index (Phi) is 10.4. The molecule has 0 bridgehead atoms. The fraction of sp³-hybridized carbons (Fsp3) is 0.538. The summed E-state index contributed by atoms with van der Waals surface area (Å²) >= 11 is 1.68. The molecule has 5 nitrogen and oxygen atoms in total. The van der Waals surface area contributed by atoms with Crippen molar-refractivity contribution in [3.05, 3.63) is 22.4 Å². The zero-order chi connectivity index (χ0) is 14.1. The summed E-state index contributed by atoms with van der Waals surface area (Å²) in [5.41, 5.74) is 0. The van der Waals surface area contributed by atoms with Crippen molar-refractivity contribution in [2.75, 3.05) is 20.2 Å². The maximum absolute atomic E-state index is 11.3. The summed E-state index contributed by atoms with van der Waals surface area (Å²) < 4.78 is 4.69. The zero-order valence-electron chi connectivity index (χ0n) is 12.0. The van der Waals surface area contributed by atoms with Crippen molar-refractivity contribution in [3.8, 4) is 0 Å². The number of carbonyl (C=O) groups excluding carboxylic acids is 1. The van der Waals surface area contributed by atoms with E-state index in [1.54, 1.807) is 11.3 Å². The lowest BCUT2D eigenvalue weighted by Crippen LogP contribution is -2.40. The van der Waals surface area contributed by atoms with Crippen molar-refractivity contribution in [2.45, 2.75) is 20.4 Å². The van der Waals surface area contributed by atoms with Gasteiger partial charge in [0.2, 0.25) is 0 Å². The Morgan fingerprint density at radius 2 is 2.25 bits per heavy atom. The molecule has 1 rings (SSSR count). The smallest absolute Gasteiger partial charge is 0.310 e. The minimum Gasteiger partial charge on any atom is -0.469 e. The van der Waals surface area contributed by atoms with Crippen LogP contribution in [0.4, 0.5) is 0 Å². The Labute approximate surface area is 141 Å². The summed E-state index contributed by atoms with van der Waals surface area (Å²) in [6.07, 6.45) is 0. The van der Waals surface area contributed by atoms with E-state index in [1.165, 1.54) is 12.0 Å². The average molecular weight is 411 g/mol. The number of hydrogen-bond donors (Lipinski definition) is 2. The number of hydrogen-bond acceptors (Lipinski definition) is 4. The minimum absolute atomic E-state index is 0. The number of nitrogens with zero attached hydrogens (tertiary/aromatic N) is 1. The Hall–Kier alpha value is -0.830. The number of nitrogens with one attached hydrogen (secondary N) is 2. The molecule has 7 heteroatoms. The van der Waals surface area contributed by atoms with E-state index in [4.69, 9.17) is 0 Å². The molecule has 0 spiro atoms. The predicted molar refractivity (Wildman–Crippen MR) is 93.7 cm³/mol. The molecule has 1 aromatic rings. The highest BCUT2D eigenvalue weighted by Crippen LogP contribution is 2.09. The highest BCUT2D eigenvalue weighted by Gasteiger charge is 2.13. The third kappa shape index (κ3) is 7.09. The van der Waals surface area contributed by atoms with Gasteiger partial charge < -0.3 is 15.4 Å². The molecule has 0 fully saturated rings. The van der Waals surface area contributed by atoms with E-state index >= 15 is 0 Å². The number of halogens is 1. The number of guanidine groups is 1. The number of carbonyl (C=O) groups is 1. The maximum atomic E-state index is 11.3. The summed E-state index contributed by atoms with van der Waals surface area (Å²) in [6, 6.07) is 4.06. The van der Waals surface area contributed by atoms with Gasteiger partial charge in [0.25, 0.3) is 0 Å². The largest absolute Gasteiger partial charge is 0.469 e. The fourth-order valence-corrected chi connectivity index (χ4v) is 2.06. The van der Waals surface area contributed by atoms with Gasteiger partial charge in [-0.05, 0) is 18.4 Å². The summed E-state index contributed by atoms with van der Waals surface area (Å²) in [5.74, 6) is 0.295. The van der Waals surface area contributed by atoms with Gasteiger partial charge in [0.15, 0.2) is 5.96 Å². The first kappa shape index (κ1) is 19.2. The van der Waals surface area contributed by atoms with E-state index < -0.39 is 0 Å². The van der Waals surface area contributed by atoms with Crippen LogP contribution in [0.2, 0.25) is 0 Å². The summed E-state index contributed by atoms with van der Waals surface area (Å²) in [7, 11) is 1.40. The van der Waals surface area contributed by atoms with Crippen LogP contribution >= 0.6 is 35.3 Å². The van der Waals surface area contributed by atoms with Crippen molar-refractivity contribution in [1.29, 1.82) is 0 Å². The monoisotopic (exact) mass is 411 g/mol. The number of rotatable bonds is 6. The van der Waals surface area contributed by atoms with Gasteiger partial charge in [-0.3, -0.25) is 4.79 Å². The van der Waals surface area contributed by atoms with Gasteiger partial charge >= 0.3 is 5.97 Å². The summed E-state index contributed by atoms with van der Waals surface area (Å²) in [4.78, 5) is 17.0. The normalized spacial score (nSPS) is 12.2. The van der Waals surface area contributed by atoms with Crippen molar-refractivity contribution in [3.63, 3.8) is 0 Å². The van der Waals surface area contributed by atoms with Crippen LogP contribution in [-0.4, -0.2) is 32.1 Å². The maximum Gasteiger partial charge on any atom is 0.310 e. The van der Waals surface area contributed by atoms with Crippen LogP contribution in [-0.2, 0) is 16.1 Å². The molecule has 2 N–H and O–H groups in total. The molecule has 0 radical (unpaired) electrons. The SMILES string of the molecule is CCNC(=NCc1cccs1)NCC(C)C(=O)OC.I. The van der Waals surface area contributed by atoms with Crippen molar-refractivity contribution >= 4 is 47.2 Å². The molecule has 0 aliphatic rings. The van der Waals surface area contributed by atoms with Gasteiger partial charge in [-0.2, -0.15) is 0 Å². The second-order valence-electron chi connectivity index (χ2n) is 4.08. The molecule has 1 unspecified atom stereocenters. The fourth-order valence-electron chi connectivity index (χ4n) is 1.44.